The van der Waals surface area contributed by atoms with Gasteiger partial charge in [-0.1, -0.05) is 0 Å². The molecular formula is C18H24F2N2O3. The summed E-state index contributed by atoms with van der Waals surface area (Å²) in [5, 5.41) is 15.8. The minimum atomic E-state index is -1.20. The van der Waals surface area contributed by atoms with E-state index in [0.717, 1.165) is 25.9 Å². The van der Waals surface area contributed by atoms with Crippen LogP contribution in [-0.2, 0) is 0 Å². The van der Waals surface area contributed by atoms with Gasteiger partial charge >= 0.3 is 0 Å². The number of hydrogen-bond acceptors (Lipinski definition) is 4. The van der Waals surface area contributed by atoms with Crippen LogP contribution in [-0.4, -0.2) is 43.4 Å². The molecule has 0 unspecified atom stereocenters. The van der Waals surface area contributed by atoms with Crippen molar-refractivity contribution in [1.82, 2.24) is 10.6 Å². The molecule has 2 aliphatic rings. The van der Waals surface area contributed by atoms with Gasteiger partial charge in [-0.05, 0) is 62.7 Å². The van der Waals surface area contributed by atoms with Crippen molar-refractivity contribution < 1.29 is 23.4 Å². The molecule has 2 fully saturated rings. The predicted molar refractivity (Wildman–Crippen MR) is 88.5 cm³/mol. The van der Waals surface area contributed by atoms with E-state index < -0.39 is 17.5 Å². The summed E-state index contributed by atoms with van der Waals surface area (Å²) in [6.07, 6.45) is 2.76. The van der Waals surface area contributed by atoms with E-state index in [4.69, 9.17) is 4.74 Å². The predicted octanol–water partition coefficient (Wildman–Crippen LogP) is 1.84. The first-order valence-electron chi connectivity index (χ1n) is 8.73. The Morgan fingerprint density at radius 3 is 2.52 bits per heavy atom. The highest BCUT2D eigenvalue weighted by atomic mass is 19.2. The fourth-order valence-electron chi connectivity index (χ4n) is 3.84. The van der Waals surface area contributed by atoms with Crippen molar-refractivity contribution in [2.45, 2.75) is 37.8 Å². The zero-order valence-electron chi connectivity index (χ0n) is 14.2. The Kier molecular flexibility index (Phi) is 5.54. The fraction of sp³-hybridized carbons (Fsp3) is 0.611. The van der Waals surface area contributed by atoms with Gasteiger partial charge in [-0.15, -0.1) is 0 Å². The molecule has 1 saturated carbocycles. The molecule has 1 amide bonds. The Hall–Kier alpha value is -1.73. The number of aliphatic hydroxyl groups excluding tert-OH is 1. The number of carbonyl (C=O) groups is 1. The van der Waals surface area contributed by atoms with E-state index in [-0.39, 0.29) is 35.3 Å². The highest BCUT2D eigenvalue weighted by molar-refractivity contribution is 5.94. The summed E-state index contributed by atoms with van der Waals surface area (Å²) in [6, 6.07) is 2.35. The first-order valence-corrected chi connectivity index (χ1v) is 8.73. The second-order valence-electron chi connectivity index (χ2n) is 6.92. The fourth-order valence-corrected chi connectivity index (χ4v) is 3.84. The number of nitrogens with one attached hydrogen (secondary N) is 2. The first kappa shape index (κ1) is 18.1. The normalized spacial score (nSPS) is 25.1. The summed E-state index contributed by atoms with van der Waals surface area (Å²) in [6.45, 7) is 1.75. The molecule has 1 saturated heterocycles. The number of ether oxygens (including phenoxy) is 1. The van der Waals surface area contributed by atoms with E-state index in [2.05, 4.69) is 10.6 Å². The van der Waals surface area contributed by atoms with Gasteiger partial charge in [0.05, 0.1) is 18.8 Å². The van der Waals surface area contributed by atoms with Crippen LogP contribution in [0.4, 0.5) is 8.78 Å². The van der Waals surface area contributed by atoms with Crippen LogP contribution in [0.5, 0.6) is 5.75 Å². The number of aliphatic hydroxyl groups is 1. The van der Waals surface area contributed by atoms with Crippen LogP contribution in [0.1, 0.15) is 36.0 Å². The maximum absolute atomic E-state index is 14.2. The lowest BCUT2D eigenvalue weighted by Crippen LogP contribution is -2.53. The average Bonchev–Trinajstić information content (AvgIpc) is 2.60. The number of rotatable bonds is 5. The molecule has 138 valence electrons. The van der Waals surface area contributed by atoms with Gasteiger partial charge < -0.3 is 20.5 Å². The van der Waals surface area contributed by atoms with Gasteiger partial charge in [0.1, 0.15) is 0 Å². The van der Waals surface area contributed by atoms with Gasteiger partial charge in [0, 0.05) is 6.04 Å². The van der Waals surface area contributed by atoms with Crippen LogP contribution in [0.3, 0.4) is 0 Å². The van der Waals surface area contributed by atoms with Gasteiger partial charge in [-0.25, -0.2) is 4.39 Å². The number of benzene rings is 1. The number of carbonyl (C=O) groups excluding carboxylic acids is 1. The average molecular weight is 354 g/mol. The SMILES string of the molecule is COc1ccc(C(=O)N[C@H](C2CCNCC2)C2CC(O)C2)c(F)c1F. The summed E-state index contributed by atoms with van der Waals surface area (Å²) in [5.74, 6) is -2.76. The topological polar surface area (TPSA) is 70.6 Å². The zero-order valence-corrected chi connectivity index (χ0v) is 14.2. The molecule has 0 spiro atoms. The molecule has 0 radical (unpaired) electrons. The molecular weight excluding hydrogens is 330 g/mol. The number of amides is 1. The number of halogens is 2. The molecule has 1 aromatic rings. The van der Waals surface area contributed by atoms with Crippen LogP contribution in [0.2, 0.25) is 0 Å². The smallest absolute Gasteiger partial charge is 0.254 e. The zero-order chi connectivity index (χ0) is 18.0. The van der Waals surface area contributed by atoms with Gasteiger partial charge in [-0.2, -0.15) is 4.39 Å². The summed E-state index contributed by atoms with van der Waals surface area (Å²) in [5.41, 5.74) is -0.322. The molecule has 0 aromatic heterocycles. The second-order valence-corrected chi connectivity index (χ2v) is 6.92. The van der Waals surface area contributed by atoms with Crippen molar-refractivity contribution in [1.29, 1.82) is 0 Å². The first-order chi connectivity index (χ1) is 12.0. The van der Waals surface area contributed by atoms with Crippen molar-refractivity contribution >= 4 is 5.91 Å². The highest BCUT2D eigenvalue weighted by Gasteiger charge is 2.39. The monoisotopic (exact) mass is 354 g/mol. The molecule has 1 aromatic carbocycles. The summed E-state index contributed by atoms with van der Waals surface area (Å²) in [4.78, 5) is 12.6. The summed E-state index contributed by atoms with van der Waals surface area (Å²) < 4.78 is 32.8. The van der Waals surface area contributed by atoms with Crippen molar-refractivity contribution in [3.05, 3.63) is 29.3 Å². The molecule has 7 heteroatoms. The molecule has 3 rings (SSSR count). The van der Waals surface area contributed by atoms with Crippen LogP contribution in [0, 0.1) is 23.5 Å². The Bertz CT molecular complexity index is 629. The van der Waals surface area contributed by atoms with E-state index >= 15 is 0 Å². The van der Waals surface area contributed by atoms with Crippen molar-refractivity contribution in [3.63, 3.8) is 0 Å². The molecule has 5 nitrogen and oxygen atoms in total. The third kappa shape index (κ3) is 3.77. The maximum atomic E-state index is 14.2. The molecule has 0 bridgehead atoms. The molecule has 1 aliphatic carbocycles. The molecule has 1 atom stereocenters. The second kappa shape index (κ2) is 7.66. The van der Waals surface area contributed by atoms with Crippen molar-refractivity contribution in [2.24, 2.45) is 11.8 Å². The van der Waals surface area contributed by atoms with Crippen molar-refractivity contribution in [2.75, 3.05) is 20.2 Å². The summed E-state index contributed by atoms with van der Waals surface area (Å²) in [7, 11) is 1.24. The molecule has 1 heterocycles. The third-order valence-electron chi connectivity index (χ3n) is 5.36. The standard InChI is InChI=1S/C18H24F2N2O3/c1-25-14-3-2-13(15(19)16(14)20)18(24)22-17(11-8-12(23)9-11)10-4-6-21-7-5-10/h2-3,10-12,17,21,23H,4-9H2,1H3,(H,22,24)/t11?,12?,17-/m1/s1. The largest absolute Gasteiger partial charge is 0.494 e. The van der Waals surface area contributed by atoms with E-state index in [0.29, 0.717) is 12.8 Å². The lowest BCUT2D eigenvalue weighted by molar-refractivity contribution is 0.00913. The Morgan fingerprint density at radius 2 is 1.92 bits per heavy atom. The Labute approximate surface area is 145 Å². The van der Waals surface area contributed by atoms with Crippen molar-refractivity contribution in [3.8, 4) is 5.75 Å². The number of hydrogen-bond donors (Lipinski definition) is 3. The van der Waals surface area contributed by atoms with Crippen LogP contribution in [0.15, 0.2) is 12.1 Å². The van der Waals surface area contributed by atoms with E-state index in [9.17, 15) is 18.7 Å². The summed E-state index contributed by atoms with van der Waals surface area (Å²) >= 11 is 0. The molecule has 3 N–H and O–H groups in total. The van der Waals surface area contributed by atoms with Gasteiger partial charge in [0.15, 0.2) is 11.6 Å². The molecule has 25 heavy (non-hydrogen) atoms. The Morgan fingerprint density at radius 1 is 1.24 bits per heavy atom. The van der Waals surface area contributed by atoms with Crippen LogP contribution < -0.4 is 15.4 Å². The minimum absolute atomic E-state index is 0.137. The molecule has 1 aliphatic heterocycles. The van der Waals surface area contributed by atoms with E-state index in [1.54, 1.807) is 0 Å². The maximum Gasteiger partial charge on any atom is 0.254 e. The lowest BCUT2D eigenvalue weighted by Gasteiger charge is -2.43. The Balaban J connectivity index is 1.77. The number of methoxy groups -OCH3 is 1. The van der Waals surface area contributed by atoms with E-state index in [1.807, 2.05) is 0 Å². The van der Waals surface area contributed by atoms with Gasteiger partial charge in [-0.3, -0.25) is 4.79 Å². The number of piperidine rings is 1. The quantitative estimate of drug-likeness (QED) is 0.755. The van der Waals surface area contributed by atoms with Crippen LogP contribution >= 0.6 is 0 Å². The minimum Gasteiger partial charge on any atom is -0.494 e. The van der Waals surface area contributed by atoms with Gasteiger partial charge in [0.25, 0.3) is 5.91 Å². The third-order valence-corrected chi connectivity index (χ3v) is 5.36. The highest BCUT2D eigenvalue weighted by Crippen LogP contribution is 2.36. The lowest BCUT2D eigenvalue weighted by atomic mass is 9.71. The van der Waals surface area contributed by atoms with E-state index in [1.165, 1.54) is 19.2 Å². The van der Waals surface area contributed by atoms with Crippen LogP contribution in [0.25, 0.3) is 0 Å². The van der Waals surface area contributed by atoms with Gasteiger partial charge in [0.2, 0.25) is 5.82 Å².